The molecule has 0 bridgehead atoms. The molecule has 0 unspecified atom stereocenters. The lowest BCUT2D eigenvalue weighted by atomic mass is 10.1. The third-order valence-electron chi connectivity index (χ3n) is 3.41. The van der Waals surface area contributed by atoms with E-state index in [1.165, 1.54) is 6.07 Å². The lowest BCUT2D eigenvalue weighted by Gasteiger charge is -2.07. The van der Waals surface area contributed by atoms with Gasteiger partial charge in [0.25, 0.3) is 0 Å². The van der Waals surface area contributed by atoms with Gasteiger partial charge < -0.3 is 9.15 Å². The summed E-state index contributed by atoms with van der Waals surface area (Å²) >= 11 is 8.59. The van der Waals surface area contributed by atoms with Crippen LogP contribution in [0.15, 0.2) is 49.3 Å². The molecule has 2 aromatic carbocycles. The molecule has 6 heteroatoms. The van der Waals surface area contributed by atoms with Crippen molar-refractivity contribution in [3.05, 3.63) is 46.1 Å². The highest BCUT2D eigenvalue weighted by Crippen LogP contribution is 2.27. The fraction of sp³-hybridized carbons (Fsp3) is 0.176. The van der Waals surface area contributed by atoms with Crippen molar-refractivity contribution in [2.24, 2.45) is 0 Å². The average Bonchev–Trinajstić information content (AvgIpc) is 2.53. The van der Waals surface area contributed by atoms with E-state index in [-0.39, 0.29) is 5.43 Å². The van der Waals surface area contributed by atoms with E-state index in [4.69, 9.17) is 9.15 Å². The predicted molar refractivity (Wildman–Crippen MR) is 95.1 cm³/mol. The van der Waals surface area contributed by atoms with Gasteiger partial charge in [0.2, 0.25) is 5.43 Å². The van der Waals surface area contributed by atoms with Crippen LogP contribution in [0.1, 0.15) is 23.7 Å². The van der Waals surface area contributed by atoms with Gasteiger partial charge in [-0.2, -0.15) is 0 Å². The van der Waals surface area contributed by atoms with Crippen LogP contribution in [-0.2, 0) is 4.74 Å². The Labute approximate surface area is 143 Å². The zero-order valence-electron chi connectivity index (χ0n) is 12.3. The molecule has 118 valence electrons. The second kappa shape index (κ2) is 6.29. The molecule has 0 fully saturated rings. The van der Waals surface area contributed by atoms with Crippen LogP contribution in [-0.4, -0.2) is 12.6 Å². The van der Waals surface area contributed by atoms with E-state index < -0.39 is 5.97 Å². The van der Waals surface area contributed by atoms with E-state index in [0.29, 0.717) is 43.9 Å². The van der Waals surface area contributed by atoms with Crippen molar-refractivity contribution in [1.82, 2.24) is 0 Å². The Hall–Kier alpha value is -1.92. The molecular weight excluding hydrogens is 332 g/mol. The molecule has 0 saturated heterocycles. The molecule has 0 aliphatic rings. The predicted octanol–water partition coefficient (Wildman–Crippen LogP) is 4.09. The van der Waals surface area contributed by atoms with Crippen molar-refractivity contribution < 1.29 is 13.9 Å². The first-order valence-electron chi connectivity index (χ1n) is 7.11. The maximum absolute atomic E-state index is 12.7. The summed E-state index contributed by atoms with van der Waals surface area (Å²) in [5.74, 6) is -0.453. The Morgan fingerprint density at radius 2 is 1.96 bits per heavy atom. The summed E-state index contributed by atoms with van der Waals surface area (Å²) in [6, 6.07) is 8.02. The lowest BCUT2D eigenvalue weighted by molar-refractivity contribution is 0.0505. The standard InChI is InChI=1S/C17H14O4S2/c1-2-5-20-17(19)9-3-4-13-11(6-9)15(18)12-7-10(22)8-14(23)16(12)21-13/h3-4,6-8,22-23H,2,5H2,1H3. The molecular formula is C17H14O4S2. The van der Waals surface area contributed by atoms with Crippen LogP contribution in [0.5, 0.6) is 0 Å². The average molecular weight is 346 g/mol. The van der Waals surface area contributed by atoms with Crippen molar-refractivity contribution in [1.29, 1.82) is 0 Å². The van der Waals surface area contributed by atoms with Gasteiger partial charge in [0.05, 0.1) is 22.9 Å². The van der Waals surface area contributed by atoms with Gasteiger partial charge in [-0.3, -0.25) is 4.79 Å². The van der Waals surface area contributed by atoms with Gasteiger partial charge in [0.15, 0.2) is 5.58 Å². The zero-order valence-corrected chi connectivity index (χ0v) is 14.1. The molecule has 0 aliphatic carbocycles. The molecule has 0 radical (unpaired) electrons. The van der Waals surface area contributed by atoms with Gasteiger partial charge in [-0.15, -0.1) is 25.3 Å². The minimum atomic E-state index is -0.453. The van der Waals surface area contributed by atoms with Gasteiger partial charge in [-0.25, -0.2) is 4.79 Å². The maximum atomic E-state index is 12.7. The first kappa shape index (κ1) is 16.0. The molecule has 1 heterocycles. The molecule has 4 nitrogen and oxygen atoms in total. The molecule has 23 heavy (non-hydrogen) atoms. The fourth-order valence-corrected chi connectivity index (χ4v) is 3.00. The molecule has 3 rings (SSSR count). The first-order valence-corrected chi connectivity index (χ1v) is 8.00. The van der Waals surface area contributed by atoms with E-state index in [2.05, 4.69) is 25.3 Å². The smallest absolute Gasteiger partial charge is 0.338 e. The van der Waals surface area contributed by atoms with E-state index in [1.54, 1.807) is 24.3 Å². The summed E-state index contributed by atoms with van der Waals surface area (Å²) in [6.45, 7) is 2.26. The molecule has 0 spiro atoms. The number of esters is 1. The van der Waals surface area contributed by atoms with Crippen molar-refractivity contribution >= 4 is 53.2 Å². The van der Waals surface area contributed by atoms with Gasteiger partial charge in [0.1, 0.15) is 5.58 Å². The number of hydrogen-bond donors (Lipinski definition) is 2. The lowest BCUT2D eigenvalue weighted by Crippen LogP contribution is -2.08. The Morgan fingerprint density at radius 3 is 2.70 bits per heavy atom. The molecule has 1 aromatic heterocycles. The highest BCUT2D eigenvalue weighted by Gasteiger charge is 2.14. The number of rotatable bonds is 3. The minimum absolute atomic E-state index is 0.224. The minimum Gasteiger partial charge on any atom is -0.462 e. The molecule has 0 N–H and O–H groups in total. The highest BCUT2D eigenvalue weighted by molar-refractivity contribution is 7.81. The number of carbonyl (C=O) groups is 1. The van der Waals surface area contributed by atoms with E-state index in [1.807, 2.05) is 6.92 Å². The first-order chi connectivity index (χ1) is 11.0. The van der Waals surface area contributed by atoms with Crippen LogP contribution in [0.3, 0.4) is 0 Å². The van der Waals surface area contributed by atoms with Gasteiger partial charge in [-0.05, 0) is 36.8 Å². The summed E-state index contributed by atoms with van der Waals surface area (Å²) in [7, 11) is 0. The van der Waals surface area contributed by atoms with Crippen molar-refractivity contribution in [3.8, 4) is 0 Å². The van der Waals surface area contributed by atoms with Crippen molar-refractivity contribution in [3.63, 3.8) is 0 Å². The normalized spacial score (nSPS) is 11.1. The molecule has 0 saturated carbocycles. The third kappa shape index (κ3) is 2.96. The van der Waals surface area contributed by atoms with E-state index in [9.17, 15) is 9.59 Å². The maximum Gasteiger partial charge on any atom is 0.338 e. The van der Waals surface area contributed by atoms with Crippen molar-refractivity contribution in [2.75, 3.05) is 6.61 Å². The van der Waals surface area contributed by atoms with Gasteiger partial charge in [-0.1, -0.05) is 6.92 Å². The number of benzene rings is 2. The van der Waals surface area contributed by atoms with E-state index >= 15 is 0 Å². The quantitative estimate of drug-likeness (QED) is 0.426. The fourth-order valence-electron chi connectivity index (χ4n) is 2.33. The van der Waals surface area contributed by atoms with Crippen LogP contribution >= 0.6 is 25.3 Å². The molecule has 0 aliphatic heterocycles. The molecule has 0 atom stereocenters. The number of fused-ring (bicyclic) bond motifs is 2. The van der Waals surface area contributed by atoms with Crippen LogP contribution < -0.4 is 5.43 Å². The Balaban J connectivity index is 2.23. The number of hydrogen-bond acceptors (Lipinski definition) is 6. The van der Waals surface area contributed by atoms with Crippen LogP contribution in [0.2, 0.25) is 0 Å². The van der Waals surface area contributed by atoms with Crippen molar-refractivity contribution in [2.45, 2.75) is 23.1 Å². The van der Waals surface area contributed by atoms with Gasteiger partial charge in [0, 0.05) is 9.79 Å². The number of carbonyl (C=O) groups excluding carboxylic acids is 1. The van der Waals surface area contributed by atoms with Crippen LogP contribution in [0.25, 0.3) is 21.9 Å². The summed E-state index contributed by atoms with van der Waals surface area (Å²) < 4.78 is 10.9. The Morgan fingerprint density at radius 1 is 1.17 bits per heavy atom. The Bertz CT molecular complexity index is 976. The second-order valence-corrected chi connectivity index (χ2v) is 6.12. The van der Waals surface area contributed by atoms with Crippen LogP contribution in [0, 0.1) is 0 Å². The molecule has 3 aromatic rings. The topological polar surface area (TPSA) is 56.5 Å². The highest BCUT2D eigenvalue weighted by atomic mass is 32.1. The monoisotopic (exact) mass is 346 g/mol. The van der Waals surface area contributed by atoms with Gasteiger partial charge >= 0.3 is 5.97 Å². The third-order valence-corrected chi connectivity index (χ3v) is 4.00. The Kier molecular flexibility index (Phi) is 4.37. The summed E-state index contributed by atoms with van der Waals surface area (Å²) in [5, 5.41) is 0.712. The summed E-state index contributed by atoms with van der Waals surface area (Å²) in [5.41, 5.74) is 0.907. The summed E-state index contributed by atoms with van der Waals surface area (Å²) in [6.07, 6.45) is 0.738. The zero-order chi connectivity index (χ0) is 16.6. The van der Waals surface area contributed by atoms with Crippen LogP contribution in [0.4, 0.5) is 0 Å². The van der Waals surface area contributed by atoms with E-state index in [0.717, 1.165) is 6.42 Å². The SMILES string of the molecule is CCCOC(=O)c1ccc2oc3c(S)cc(S)cc3c(=O)c2c1. The summed E-state index contributed by atoms with van der Waals surface area (Å²) in [4.78, 5) is 25.8. The number of thiol groups is 2. The number of ether oxygens (including phenoxy) is 1. The molecule has 0 amide bonds. The largest absolute Gasteiger partial charge is 0.462 e. The second-order valence-electron chi connectivity index (χ2n) is 5.12.